The van der Waals surface area contributed by atoms with Gasteiger partial charge >= 0.3 is 0 Å². The van der Waals surface area contributed by atoms with E-state index in [4.69, 9.17) is 0 Å². The Balaban J connectivity index is 1.83. The van der Waals surface area contributed by atoms with Crippen LogP contribution in [0.25, 0.3) is 0 Å². The van der Waals surface area contributed by atoms with Crippen LogP contribution in [0.5, 0.6) is 0 Å². The molecule has 2 atom stereocenters. The van der Waals surface area contributed by atoms with Gasteiger partial charge in [0.25, 0.3) is 0 Å². The summed E-state index contributed by atoms with van der Waals surface area (Å²) in [4.78, 5) is 4.92. The summed E-state index contributed by atoms with van der Waals surface area (Å²) in [5, 5.41) is 10.4. The van der Waals surface area contributed by atoms with Gasteiger partial charge in [-0.15, -0.1) is 0 Å². The first-order chi connectivity index (χ1) is 8.40. The molecule has 1 aliphatic heterocycles. The number of hydrogen-bond donors (Lipinski definition) is 1. The van der Waals surface area contributed by atoms with E-state index in [2.05, 4.69) is 37.7 Å². The van der Waals surface area contributed by atoms with Crippen LogP contribution in [0.15, 0.2) is 0 Å². The summed E-state index contributed by atoms with van der Waals surface area (Å²) in [6.07, 6.45) is 4.79. The van der Waals surface area contributed by atoms with Gasteiger partial charge in [-0.25, -0.2) is 0 Å². The molecule has 2 aliphatic rings. The third-order valence-electron chi connectivity index (χ3n) is 5.24. The first-order valence-corrected chi connectivity index (χ1v) is 7.47. The van der Waals surface area contributed by atoms with Gasteiger partial charge in [-0.3, -0.25) is 0 Å². The maximum absolute atomic E-state index is 10.4. The van der Waals surface area contributed by atoms with Crippen molar-refractivity contribution in [2.45, 2.75) is 51.7 Å². The van der Waals surface area contributed by atoms with Gasteiger partial charge in [-0.2, -0.15) is 0 Å². The molecule has 1 aliphatic carbocycles. The molecule has 0 bridgehead atoms. The van der Waals surface area contributed by atoms with Crippen molar-refractivity contribution in [1.82, 2.24) is 9.80 Å². The molecule has 0 radical (unpaired) electrons. The smallest absolute Gasteiger partial charge is 0.0631 e. The zero-order valence-electron chi connectivity index (χ0n) is 12.5. The summed E-state index contributed by atoms with van der Waals surface area (Å²) in [5.41, 5.74) is 0.123. The Morgan fingerprint density at radius 2 is 1.83 bits per heavy atom. The lowest BCUT2D eigenvalue weighted by Crippen LogP contribution is -2.45. The number of aliphatic hydroxyl groups excluding tert-OH is 1. The molecule has 2 unspecified atom stereocenters. The van der Waals surface area contributed by atoms with Crippen LogP contribution in [0.3, 0.4) is 0 Å². The van der Waals surface area contributed by atoms with Crippen molar-refractivity contribution in [1.29, 1.82) is 0 Å². The monoisotopic (exact) mass is 254 g/mol. The lowest BCUT2D eigenvalue weighted by atomic mass is 9.87. The summed E-state index contributed by atoms with van der Waals surface area (Å²) in [7, 11) is 4.45. The standard InChI is InChI=1S/C15H30N2O/c1-15(2)8-5-12(14(15)18)11-17(4)13-6-9-16(3)10-7-13/h12-14,18H,5-11H2,1-4H3. The predicted octanol–water partition coefficient (Wildman–Crippen LogP) is 1.81. The van der Waals surface area contributed by atoms with Crippen molar-refractivity contribution in [3.8, 4) is 0 Å². The normalized spacial score (nSPS) is 34.3. The van der Waals surface area contributed by atoms with Crippen LogP contribution in [-0.2, 0) is 0 Å². The van der Waals surface area contributed by atoms with Crippen molar-refractivity contribution in [2.75, 3.05) is 33.7 Å². The molecule has 2 rings (SSSR count). The Kier molecular flexibility index (Phi) is 4.35. The highest BCUT2D eigenvalue weighted by molar-refractivity contribution is 4.92. The van der Waals surface area contributed by atoms with Crippen LogP contribution >= 0.6 is 0 Å². The Labute approximate surface area is 112 Å². The van der Waals surface area contributed by atoms with E-state index >= 15 is 0 Å². The molecule has 1 saturated carbocycles. The highest BCUT2D eigenvalue weighted by Crippen LogP contribution is 2.41. The SMILES string of the molecule is CN1CCC(N(C)CC2CCC(C)(C)C2O)CC1. The maximum Gasteiger partial charge on any atom is 0.0631 e. The van der Waals surface area contributed by atoms with Crippen LogP contribution in [0.2, 0.25) is 0 Å². The Hall–Kier alpha value is -0.120. The van der Waals surface area contributed by atoms with Crippen LogP contribution in [0, 0.1) is 11.3 Å². The van der Waals surface area contributed by atoms with E-state index in [1.807, 2.05) is 0 Å². The number of aliphatic hydroxyl groups is 1. The van der Waals surface area contributed by atoms with Gasteiger partial charge in [0, 0.05) is 12.6 Å². The largest absolute Gasteiger partial charge is 0.392 e. The van der Waals surface area contributed by atoms with Crippen LogP contribution in [-0.4, -0.2) is 60.8 Å². The minimum atomic E-state index is -0.119. The molecule has 1 saturated heterocycles. The van der Waals surface area contributed by atoms with Gasteiger partial charge in [0.2, 0.25) is 0 Å². The van der Waals surface area contributed by atoms with Gasteiger partial charge in [0.1, 0.15) is 0 Å². The molecule has 0 aromatic rings. The lowest BCUT2D eigenvalue weighted by molar-refractivity contribution is 0.0260. The van der Waals surface area contributed by atoms with Gasteiger partial charge < -0.3 is 14.9 Å². The van der Waals surface area contributed by atoms with Gasteiger partial charge in [0.15, 0.2) is 0 Å². The molecule has 0 aromatic heterocycles. The fourth-order valence-electron chi connectivity index (χ4n) is 3.65. The Morgan fingerprint density at radius 1 is 1.22 bits per heavy atom. The highest BCUT2D eigenvalue weighted by Gasteiger charge is 2.41. The van der Waals surface area contributed by atoms with Crippen molar-refractivity contribution < 1.29 is 5.11 Å². The summed E-state index contributed by atoms with van der Waals surface area (Å²) >= 11 is 0. The van der Waals surface area contributed by atoms with E-state index in [0.717, 1.165) is 12.6 Å². The summed E-state index contributed by atoms with van der Waals surface area (Å²) in [6.45, 7) is 7.90. The first kappa shape index (κ1) is 14.3. The van der Waals surface area contributed by atoms with Crippen LogP contribution in [0.1, 0.15) is 39.5 Å². The van der Waals surface area contributed by atoms with Crippen molar-refractivity contribution in [3.63, 3.8) is 0 Å². The third-order valence-corrected chi connectivity index (χ3v) is 5.24. The Bertz CT molecular complexity index is 272. The summed E-state index contributed by atoms with van der Waals surface area (Å²) in [5.74, 6) is 0.477. The van der Waals surface area contributed by atoms with E-state index in [0.29, 0.717) is 5.92 Å². The first-order valence-electron chi connectivity index (χ1n) is 7.47. The van der Waals surface area contributed by atoms with E-state index in [-0.39, 0.29) is 11.5 Å². The molecule has 2 fully saturated rings. The maximum atomic E-state index is 10.4. The number of likely N-dealkylation sites (tertiary alicyclic amines) is 1. The second kappa shape index (κ2) is 5.48. The topological polar surface area (TPSA) is 26.7 Å². The van der Waals surface area contributed by atoms with E-state index in [9.17, 15) is 5.11 Å². The predicted molar refractivity (Wildman–Crippen MR) is 75.7 cm³/mol. The summed E-state index contributed by atoms with van der Waals surface area (Å²) < 4.78 is 0. The molecule has 106 valence electrons. The van der Waals surface area contributed by atoms with Crippen molar-refractivity contribution in [2.24, 2.45) is 11.3 Å². The second-order valence-electron chi connectivity index (χ2n) is 7.21. The molecule has 0 spiro atoms. The zero-order chi connectivity index (χ0) is 13.3. The molecular formula is C15H30N2O. The number of rotatable bonds is 3. The third kappa shape index (κ3) is 3.06. The van der Waals surface area contributed by atoms with Crippen LogP contribution in [0.4, 0.5) is 0 Å². The fourth-order valence-corrected chi connectivity index (χ4v) is 3.65. The number of hydrogen-bond acceptors (Lipinski definition) is 3. The van der Waals surface area contributed by atoms with Gasteiger partial charge in [0.05, 0.1) is 6.10 Å². The van der Waals surface area contributed by atoms with Crippen molar-refractivity contribution >= 4 is 0 Å². The highest BCUT2D eigenvalue weighted by atomic mass is 16.3. The molecule has 0 amide bonds. The van der Waals surface area contributed by atoms with Crippen molar-refractivity contribution in [3.05, 3.63) is 0 Å². The molecule has 0 aromatic carbocycles. The fraction of sp³-hybridized carbons (Fsp3) is 1.00. The average molecular weight is 254 g/mol. The van der Waals surface area contributed by atoms with E-state index < -0.39 is 0 Å². The van der Waals surface area contributed by atoms with Gasteiger partial charge in [-0.05, 0) is 64.2 Å². The molecule has 18 heavy (non-hydrogen) atoms. The number of piperidine rings is 1. The zero-order valence-corrected chi connectivity index (χ0v) is 12.5. The molecule has 3 nitrogen and oxygen atoms in total. The lowest BCUT2D eigenvalue weighted by Gasteiger charge is -2.37. The second-order valence-corrected chi connectivity index (χ2v) is 7.21. The van der Waals surface area contributed by atoms with Crippen LogP contribution < -0.4 is 0 Å². The van der Waals surface area contributed by atoms with Gasteiger partial charge in [-0.1, -0.05) is 13.8 Å². The minimum Gasteiger partial charge on any atom is -0.392 e. The Morgan fingerprint density at radius 3 is 2.33 bits per heavy atom. The van der Waals surface area contributed by atoms with E-state index in [1.54, 1.807) is 0 Å². The molecular weight excluding hydrogens is 224 g/mol. The molecule has 1 heterocycles. The molecule has 3 heteroatoms. The number of nitrogens with zero attached hydrogens (tertiary/aromatic N) is 2. The minimum absolute atomic E-state index is 0.119. The quantitative estimate of drug-likeness (QED) is 0.832. The van der Waals surface area contributed by atoms with E-state index in [1.165, 1.54) is 38.8 Å². The average Bonchev–Trinajstić information content (AvgIpc) is 2.57. The summed E-state index contributed by atoms with van der Waals surface area (Å²) in [6, 6.07) is 0.720. The molecule has 1 N–H and O–H groups in total.